The van der Waals surface area contributed by atoms with Crippen molar-refractivity contribution >= 4 is 41.3 Å². The smallest absolute Gasteiger partial charge is 0.193 e. The van der Waals surface area contributed by atoms with Crippen LogP contribution in [0.1, 0.15) is 50.3 Å². The standard InChI is InChI=1S/C21H35N3OS.HI/c1-17(14-20-8-5-13-26-20)15-23-21(22-2)24-11-9-19(10-12-24)25-16-18-6-3-4-7-18;/h5,8,13,17-19H,3-4,6-7,9-12,14-16H2,1-2H3,(H,22,23);1H. The van der Waals surface area contributed by atoms with Gasteiger partial charge in [-0.15, -0.1) is 35.3 Å². The second-order valence-corrected chi connectivity index (χ2v) is 9.02. The molecule has 2 aliphatic rings. The van der Waals surface area contributed by atoms with Crippen LogP contribution in [0.25, 0.3) is 0 Å². The first-order valence-electron chi connectivity index (χ1n) is 10.3. The van der Waals surface area contributed by atoms with Gasteiger partial charge >= 0.3 is 0 Å². The molecule has 3 rings (SSSR count). The minimum Gasteiger partial charge on any atom is -0.378 e. The van der Waals surface area contributed by atoms with Crippen molar-refractivity contribution in [2.24, 2.45) is 16.8 Å². The highest BCUT2D eigenvalue weighted by Crippen LogP contribution is 2.26. The summed E-state index contributed by atoms with van der Waals surface area (Å²) < 4.78 is 6.20. The van der Waals surface area contributed by atoms with E-state index < -0.39 is 0 Å². The van der Waals surface area contributed by atoms with Crippen molar-refractivity contribution < 1.29 is 4.74 Å². The largest absolute Gasteiger partial charge is 0.378 e. The lowest BCUT2D eigenvalue weighted by atomic mass is 10.1. The second-order valence-electron chi connectivity index (χ2n) is 7.99. The number of likely N-dealkylation sites (tertiary alicyclic amines) is 1. The van der Waals surface area contributed by atoms with Gasteiger partial charge in [-0.05, 0) is 55.4 Å². The number of hydrogen-bond acceptors (Lipinski definition) is 3. The number of nitrogens with zero attached hydrogens (tertiary/aromatic N) is 2. The molecule has 1 saturated heterocycles. The molecule has 1 aromatic heterocycles. The summed E-state index contributed by atoms with van der Waals surface area (Å²) in [5, 5.41) is 5.74. The topological polar surface area (TPSA) is 36.9 Å². The molecular weight excluding hydrogens is 469 g/mol. The summed E-state index contributed by atoms with van der Waals surface area (Å²) in [6.45, 7) is 6.37. The summed E-state index contributed by atoms with van der Waals surface area (Å²) in [6.07, 6.45) is 9.38. The molecule has 1 aliphatic heterocycles. The number of ether oxygens (including phenoxy) is 1. The molecule has 1 atom stereocenters. The molecule has 6 heteroatoms. The maximum Gasteiger partial charge on any atom is 0.193 e. The van der Waals surface area contributed by atoms with Gasteiger partial charge in [0.15, 0.2) is 5.96 Å². The molecule has 0 amide bonds. The first-order valence-corrected chi connectivity index (χ1v) is 11.2. The van der Waals surface area contributed by atoms with Crippen LogP contribution in [0.4, 0.5) is 0 Å². The molecule has 0 radical (unpaired) electrons. The number of guanidine groups is 1. The highest BCUT2D eigenvalue weighted by molar-refractivity contribution is 14.0. The van der Waals surface area contributed by atoms with Gasteiger partial charge in [0, 0.05) is 38.2 Å². The Kier molecular flexibility index (Phi) is 10.4. The number of hydrogen-bond donors (Lipinski definition) is 1. The van der Waals surface area contributed by atoms with Gasteiger partial charge in [-0.25, -0.2) is 0 Å². The van der Waals surface area contributed by atoms with Crippen LogP contribution in [-0.2, 0) is 11.2 Å². The Morgan fingerprint density at radius 1 is 1.30 bits per heavy atom. The van der Waals surface area contributed by atoms with E-state index in [-0.39, 0.29) is 24.0 Å². The third-order valence-corrected chi connectivity index (χ3v) is 6.63. The number of aliphatic imine (C=N–C) groups is 1. The van der Waals surface area contributed by atoms with Crippen molar-refractivity contribution in [2.45, 2.75) is 58.0 Å². The van der Waals surface area contributed by atoms with Crippen LogP contribution in [0.2, 0.25) is 0 Å². The highest BCUT2D eigenvalue weighted by Gasteiger charge is 2.24. The summed E-state index contributed by atoms with van der Waals surface area (Å²) in [5.41, 5.74) is 0. The molecule has 1 saturated carbocycles. The normalized spacial score (nSPS) is 20.5. The van der Waals surface area contributed by atoms with E-state index in [1.807, 2.05) is 18.4 Å². The fourth-order valence-electron chi connectivity index (χ4n) is 4.13. The molecule has 1 aliphatic carbocycles. The SMILES string of the molecule is CN=C(NCC(C)Cc1cccs1)N1CCC(OCC2CCCC2)CC1.I. The third-order valence-electron chi connectivity index (χ3n) is 5.73. The van der Waals surface area contributed by atoms with E-state index in [1.54, 1.807) is 0 Å². The van der Waals surface area contributed by atoms with E-state index in [4.69, 9.17) is 4.74 Å². The van der Waals surface area contributed by atoms with E-state index in [0.717, 1.165) is 57.4 Å². The predicted octanol–water partition coefficient (Wildman–Crippen LogP) is 4.79. The van der Waals surface area contributed by atoms with Gasteiger partial charge in [-0.2, -0.15) is 0 Å². The summed E-state index contributed by atoms with van der Waals surface area (Å²) in [7, 11) is 1.90. The minimum atomic E-state index is 0. The summed E-state index contributed by atoms with van der Waals surface area (Å²) >= 11 is 1.85. The number of nitrogens with one attached hydrogen (secondary N) is 1. The molecule has 27 heavy (non-hydrogen) atoms. The van der Waals surface area contributed by atoms with Gasteiger partial charge < -0.3 is 15.0 Å². The first kappa shape index (κ1) is 22.9. The molecule has 1 aromatic rings. The van der Waals surface area contributed by atoms with E-state index in [9.17, 15) is 0 Å². The van der Waals surface area contributed by atoms with Crippen molar-refractivity contribution in [3.05, 3.63) is 22.4 Å². The van der Waals surface area contributed by atoms with E-state index in [0.29, 0.717) is 12.0 Å². The molecule has 0 aromatic carbocycles. The number of thiophene rings is 1. The summed E-state index contributed by atoms with van der Waals surface area (Å²) in [6, 6.07) is 4.37. The number of rotatable bonds is 7. The van der Waals surface area contributed by atoms with Gasteiger partial charge in [0.2, 0.25) is 0 Å². The number of piperidine rings is 1. The Balaban J connectivity index is 0.00000261. The van der Waals surface area contributed by atoms with Crippen molar-refractivity contribution in [2.75, 3.05) is 33.3 Å². The maximum absolute atomic E-state index is 6.20. The highest BCUT2D eigenvalue weighted by atomic mass is 127. The van der Waals surface area contributed by atoms with Gasteiger partial charge in [0.25, 0.3) is 0 Å². The average Bonchev–Trinajstić information content (AvgIpc) is 3.35. The summed E-state index contributed by atoms with van der Waals surface area (Å²) in [5.74, 6) is 2.49. The Morgan fingerprint density at radius 2 is 2.04 bits per heavy atom. The Bertz CT molecular complexity index is 538. The first-order chi connectivity index (χ1) is 12.7. The predicted molar refractivity (Wildman–Crippen MR) is 126 cm³/mol. The quantitative estimate of drug-likeness (QED) is 0.329. The zero-order valence-corrected chi connectivity index (χ0v) is 20.0. The van der Waals surface area contributed by atoms with Gasteiger partial charge in [0.05, 0.1) is 6.10 Å². The Morgan fingerprint density at radius 3 is 2.67 bits per heavy atom. The van der Waals surface area contributed by atoms with Gasteiger partial charge in [-0.1, -0.05) is 25.8 Å². The van der Waals surface area contributed by atoms with Crippen LogP contribution in [-0.4, -0.2) is 50.3 Å². The van der Waals surface area contributed by atoms with Crippen molar-refractivity contribution in [3.8, 4) is 0 Å². The van der Waals surface area contributed by atoms with Gasteiger partial charge in [-0.3, -0.25) is 4.99 Å². The molecule has 4 nitrogen and oxygen atoms in total. The van der Waals surface area contributed by atoms with Crippen LogP contribution < -0.4 is 5.32 Å². The molecule has 0 spiro atoms. The number of halogens is 1. The molecule has 2 heterocycles. The van der Waals surface area contributed by atoms with Crippen LogP contribution in [0, 0.1) is 11.8 Å². The van der Waals surface area contributed by atoms with Crippen molar-refractivity contribution in [1.82, 2.24) is 10.2 Å². The van der Waals surface area contributed by atoms with Crippen LogP contribution in [0.3, 0.4) is 0 Å². The molecule has 0 bridgehead atoms. The lowest BCUT2D eigenvalue weighted by Crippen LogP contribution is -2.48. The van der Waals surface area contributed by atoms with Gasteiger partial charge in [0.1, 0.15) is 0 Å². The van der Waals surface area contributed by atoms with E-state index >= 15 is 0 Å². The second kappa shape index (κ2) is 12.3. The zero-order chi connectivity index (χ0) is 18.2. The molecular formula is C21H36IN3OS. The lowest BCUT2D eigenvalue weighted by Gasteiger charge is -2.34. The van der Waals surface area contributed by atoms with Crippen LogP contribution >= 0.6 is 35.3 Å². The Hall–Kier alpha value is -0.340. The summed E-state index contributed by atoms with van der Waals surface area (Å²) in [4.78, 5) is 8.37. The Labute approximate surface area is 186 Å². The maximum atomic E-state index is 6.20. The average molecular weight is 506 g/mol. The minimum absolute atomic E-state index is 0. The van der Waals surface area contributed by atoms with Crippen molar-refractivity contribution in [1.29, 1.82) is 0 Å². The van der Waals surface area contributed by atoms with E-state index in [1.165, 1.54) is 30.6 Å². The van der Waals surface area contributed by atoms with E-state index in [2.05, 4.69) is 39.6 Å². The lowest BCUT2D eigenvalue weighted by molar-refractivity contribution is 0.00100. The molecule has 2 fully saturated rings. The van der Waals surface area contributed by atoms with Crippen molar-refractivity contribution in [3.63, 3.8) is 0 Å². The third kappa shape index (κ3) is 7.54. The van der Waals surface area contributed by atoms with Crippen LogP contribution in [0.5, 0.6) is 0 Å². The van der Waals surface area contributed by atoms with Crippen LogP contribution in [0.15, 0.2) is 22.5 Å². The molecule has 154 valence electrons. The molecule has 1 N–H and O–H groups in total. The monoisotopic (exact) mass is 505 g/mol. The fraction of sp³-hybridized carbons (Fsp3) is 0.762. The zero-order valence-electron chi connectivity index (χ0n) is 16.9. The molecule has 1 unspecified atom stereocenters. The fourth-order valence-corrected chi connectivity index (χ4v) is 5.00.